The Balaban J connectivity index is 1.65. The van der Waals surface area contributed by atoms with E-state index in [0.29, 0.717) is 29.6 Å². The number of amides is 1. The van der Waals surface area contributed by atoms with Gasteiger partial charge in [0, 0.05) is 13.1 Å². The highest BCUT2D eigenvalue weighted by molar-refractivity contribution is 7.99. The average Bonchev–Trinajstić information content (AvgIpc) is 3.09. The smallest absolute Gasteiger partial charge is 0.230 e. The van der Waals surface area contributed by atoms with Crippen LogP contribution in [0.15, 0.2) is 66.3 Å². The molecule has 0 spiro atoms. The van der Waals surface area contributed by atoms with Crippen LogP contribution in [0.5, 0.6) is 0 Å². The monoisotopic (exact) mass is 400 g/mol. The van der Waals surface area contributed by atoms with E-state index in [2.05, 4.69) is 22.1 Å². The van der Waals surface area contributed by atoms with E-state index >= 15 is 0 Å². The van der Waals surface area contributed by atoms with Crippen LogP contribution in [0.4, 0.5) is 8.78 Å². The number of thioether (sulfide) groups is 1. The molecule has 1 amide bonds. The Kier molecular flexibility index (Phi) is 6.54. The normalized spacial score (nSPS) is 10.6. The Bertz CT molecular complexity index is 973. The first-order valence-electron chi connectivity index (χ1n) is 8.51. The van der Waals surface area contributed by atoms with Crippen molar-refractivity contribution in [2.24, 2.45) is 0 Å². The van der Waals surface area contributed by atoms with E-state index in [9.17, 15) is 13.6 Å². The third-order valence-corrected chi connectivity index (χ3v) is 4.85. The third-order valence-electron chi connectivity index (χ3n) is 3.88. The maximum absolute atomic E-state index is 14.1. The second-order valence-electron chi connectivity index (χ2n) is 5.88. The van der Waals surface area contributed by atoms with E-state index in [1.165, 1.54) is 30.0 Å². The quantitative estimate of drug-likeness (QED) is 0.461. The van der Waals surface area contributed by atoms with Gasteiger partial charge in [0.1, 0.15) is 11.6 Å². The number of hydrogen-bond acceptors (Lipinski definition) is 4. The molecule has 0 saturated heterocycles. The van der Waals surface area contributed by atoms with Gasteiger partial charge in [0.2, 0.25) is 5.91 Å². The Morgan fingerprint density at radius 2 is 1.89 bits per heavy atom. The number of halogens is 2. The van der Waals surface area contributed by atoms with Crippen LogP contribution in [-0.2, 0) is 17.9 Å². The third kappa shape index (κ3) is 4.83. The van der Waals surface area contributed by atoms with Crippen LogP contribution in [0.1, 0.15) is 5.56 Å². The lowest BCUT2D eigenvalue weighted by atomic mass is 10.2. The molecular weight excluding hydrogens is 382 g/mol. The summed E-state index contributed by atoms with van der Waals surface area (Å²) < 4.78 is 28.7. The standard InChI is InChI=1S/C20H18F2N4OS/c1-2-11-26-19(16-5-3-4-6-17(16)22)24-25-20(26)28-13-18(27)23-12-14-7-9-15(21)10-8-14/h2-10H,1,11-13H2,(H,23,27). The molecule has 0 aliphatic heterocycles. The fourth-order valence-corrected chi connectivity index (χ4v) is 3.29. The lowest BCUT2D eigenvalue weighted by molar-refractivity contribution is -0.118. The minimum absolute atomic E-state index is 0.119. The van der Waals surface area contributed by atoms with Crippen molar-refractivity contribution in [1.29, 1.82) is 0 Å². The van der Waals surface area contributed by atoms with E-state index in [1.54, 1.807) is 41.0 Å². The molecule has 0 unspecified atom stereocenters. The number of benzene rings is 2. The summed E-state index contributed by atoms with van der Waals surface area (Å²) in [5, 5.41) is 11.4. The Labute approximate surface area is 165 Å². The topological polar surface area (TPSA) is 59.8 Å². The maximum atomic E-state index is 14.1. The van der Waals surface area contributed by atoms with E-state index in [0.717, 1.165) is 5.56 Å². The minimum Gasteiger partial charge on any atom is -0.351 e. The SMILES string of the molecule is C=CCn1c(SCC(=O)NCc2ccc(F)cc2)nnc1-c1ccccc1F. The summed E-state index contributed by atoms with van der Waals surface area (Å²) in [5.74, 6) is -0.415. The number of nitrogens with one attached hydrogen (secondary N) is 1. The molecule has 2 aromatic carbocycles. The Morgan fingerprint density at radius 1 is 1.14 bits per heavy atom. The molecule has 5 nitrogen and oxygen atoms in total. The van der Waals surface area contributed by atoms with Gasteiger partial charge in [-0.25, -0.2) is 8.78 Å². The van der Waals surface area contributed by atoms with Crippen molar-refractivity contribution >= 4 is 17.7 Å². The van der Waals surface area contributed by atoms with Gasteiger partial charge in [-0.2, -0.15) is 0 Å². The number of carbonyl (C=O) groups is 1. The molecule has 1 heterocycles. The van der Waals surface area contributed by atoms with Crippen LogP contribution in [-0.4, -0.2) is 26.4 Å². The highest BCUT2D eigenvalue weighted by Gasteiger charge is 2.17. The number of aromatic nitrogens is 3. The van der Waals surface area contributed by atoms with Crippen molar-refractivity contribution in [1.82, 2.24) is 20.1 Å². The maximum Gasteiger partial charge on any atom is 0.230 e. The van der Waals surface area contributed by atoms with Crippen LogP contribution >= 0.6 is 11.8 Å². The Hall–Kier alpha value is -3.00. The fraction of sp³-hybridized carbons (Fsp3) is 0.150. The molecule has 0 radical (unpaired) electrons. The number of allylic oxidation sites excluding steroid dienone is 1. The molecule has 28 heavy (non-hydrogen) atoms. The second kappa shape index (κ2) is 9.27. The van der Waals surface area contributed by atoms with Crippen molar-refractivity contribution in [2.75, 3.05) is 5.75 Å². The molecular formula is C20H18F2N4OS. The van der Waals surface area contributed by atoms with Gasteiger partial charge in [-0.05, 0) is 29.8 Å². The van der Waals surface area contributed by atoms with Crippen molar-refractivity contribution in [3.8, 4) is 11.4 Å². The number of carbonyl (C=O) groups excluding carboxylic acids is 1. The van der Waals surface area contributed by atoms with Crippen LogP contribution in [0, 0.1) is 11.6 Å². The highest BCUT2D eigenvalue weighted by atomic mass is 32.2. The molecule has 1 aromatic heterocycles. The zero-order chi connectivity index (χ0) is 19.9. The van der Waals surface area contributed by atoms with Gasteiger partial charge in [0.05, 0.1) is 11.3 Å². The summed E-state index contributed by atoms with van der Waals surface area (Å²) in [6.07, 6.45) is 1.66. The fourth-order valence-electron chi connectivity index (χ4n) is 2.51. The molecule has 0 aliphatic rings. The second-order valence-corrected chi connectivity index (χ2v) is 6.82. The van der Waals surface area contributed by atoms with Gasteiger partial charge in [0.25, 0.3) is 0 Å². The van der Waals surface area contributed by atoms with Gasteiger partial charge in [-0.15, -0.1) is 16.8 Å². The number of nitrogens with zero attached hydrogens (tertiary/aromatic N) is 3. The van der Waals surface area contributed by atoms with Crippen molar-refractivity contribution in [3.05, 3.63) is 78.4 Å². The molecule has 0 saturated carbocycles. The minimum atomic E-state index is -0.395. The van der Waals surface area contributed by atoms with Gasteiger partial charge in [0.15, 0.2) is 11.0 Å². The molecule has 144 valence electrons. The van der Waals surface area contributed by atoms with E-state index in [-0.39, 0.29) is 17.5 Å². The number of rotatable bonds is 8. The lowest BCUT2D eigenvalue weighted by Gasteiger charge is -2.09. The van der Waals surface area contributed by atoms with Crippen molar-refractivity contribution in [2.45, 2.75) is 18.2 Å². The van der Waals surface area contributed by atoms with Gasteiger partial charge in [-0.3, -0.25) is 9.36 Å². The van der Waals surface area contributed by atoms with Crippen molar-refractivity contribution < 1.29 is 13.6 Å². The molecule has 3 rings (SSSR count). The molecule has 1 N–H and O–H groups in total. The van der Waals surface area contributed by atoms with E-state index < -0.39 is 5.82 Å². The van der Waals surface area contributed by atoms with Crippen LogP contribution in [0.25, 0.3) is 11.4 Å². The summed E-state index contributed by atoms with van der Waals surface area (Å²) >= 11 is 1.20. The summed E-state index contributed by atoms with van der Waals surface area (Å²) in [5.41, 5.74) is 1.14. The molecule has 0 bridgehead atoms. The average molecular weight is 400 g/mol. The van der Waals surface area contributed by atoms with Gasteiger partial charge < -0.3 is 5.32 Å². The molecule has 8 heteroatoms. The first kappa shape index (κ1) is 19.8. The zero-order valence-corrected chi connectivity index (χ0v) is 15.8. The first-order chi connectivity index (χ1) is 13.6. The molecule has 0 atom stereocenters. The van der Waals surface area contributed by atoms with E-state index in [1.807, 2.05) is 0 Å². The Morgan fingerprint density at radius 3 is 2.61 bits per heavy atom. The summed E-state index contributed by atoms with van der Waals surface area (Å²) in [6.45, 7) is 4.40. The zero-order valence-electron chi connectivity index (χ0n) is 14.9. The lowest BCUT2D eigenvalue weighted by Crippen LogP contribution is -2.24. The predicted octanol–water partition coefficient (Wildman–Crippen LogP) is 3.82. The van der Waals surface area contributed by atoms with Crippen LogP contribution < -0.4 is 5.32 Å². The van der Waals surface area contributed by atoms with E-state index in [4.69, 9.17) is 0 Å². The molecule has 0 fully saturated rings. The van der Waals surface area contributed by atoms with Gasteiger partial charge >= 0.3 is 0 Å². The van der Waals surface area contributed by atoms with Crippen LogP contribution in [0.2, 0.25) is 0 Å². The first-order valence-corrected chi connectivity index (χ1v) is 9.50. The van der Waals surface area contributed by atoms with Gasteiger partial charge in [-0.1, -0.05) is 42.1 Å². The summed E-state index contributed by atoms with van der Waals surface area (Å²) in [4.78, 5) is 12.1. The molecule has 3 aromatic rings. The largest absolute Gasteiger partial charge is 0.351 e. The molecule has 0 aliphatic carbocycles. The van der Waals surface area contributed by atoms with Crippen LogP contribution in [0.3, 0.4) is 0 Å². The predicted molar refractivity (Wildman–Crippen MR) is 105 cm³/mol. The summed E-state index contributed by atoms with van der Waals surface area (Å²) in [6, 6.07) is 12.2. The summed E-state index contributed by atoms with van der Waals surface area (Å²) in [7, 11) is 0. The van der Waals surface area contributed by atoms with Crippen molar-refractivity contribution in [3.63, 3.8) is 0 Å². The number of hydrogen-bond donors (Lipinski definition) is 1. The highest BCUT2D eigenvalue weighted by Crippen LogP contribution is 2.25.